The van der Waals surface area contributed by atoms with Gasteiger partial charge in [-0.25, -0.2) is 0 Å². The Balaban J connectivity index is 1.67. The fourth-order valence-corrected chi connectivity index (χ4v) is 4.82. The second-order valence-electron chi connectivity index (χ2n) is 8.15. The first-order valence-corrected chi connectivity index (χ1v) is 11.0. The standard InChI is InChI=1S/C32H22/c1-2-11-23(12-3-1)21-22-24-13-4-5-14-25(24)29-19-10-20-31-28-16-7-6-15-26(28)27-17-8-9-18-30(27)32(29)31/h1-22H. The fraction of sp³-hybridized carbons (Fsp3) is 0. The van der Waals surface area contributed by atoms with Crippen molar-refractivity contribution in [1.82, 2.24) is 0 Å². The Morgan fingerprint density at radius 3 is 1.56 bits per heavy atom. The summed E-state index contributed by atoms with van der Waals surface area (Å²) in [6, 6.07) is 43.4. The molecule has 0 saturated heterocycles. The summed E-state index contributed by atoms with van der Waals surface area (Å²) in [4.78, 5) is 0. The third kappa shape index (κ3) is 3.09. The molecule has 0 aromatic heterocycles. The van der Waals surface area contributed by atoms with Crippen LogP contribution in [0.5, 0.6) is 0 Å². The lowest BCUT2D eigenvalue weighted by molar-refractivity contribution is 1.62. The minimum absolute atomic E-state index is 1.21. The molecule has 0 unspecified atom stereocenters. The predicted octanol–water partition coefficient (Wildman–Crippen LogP) is 8.98. The van der Waals surface area contributed by atoms with E-state index in [0.29, 0.717) is 0 Å². The van der Waals surface area contributed by atoms with Gasteiger partial charge >= 0.3 is 0 Å². The highest BCUT2D eigenvalue weighted by Crippen LogP contribution is 2.41. The molecule has 0 aliphatic heterocycles. The van der Waals surface area contributed by atoms with Crippen LogP contribution in [0.3, 0.4) is 0 Å². The zero-order valence-electron chi connectivity index (χ0n) is 17.7. The molecule has 6 aromatic carbocycles. The maximum atomic E-state index is 2.26. The Bertz CT molecular complexity index is 1560. The molecule has 0 spiro atoms. The summed E-state index contributed by atoms with van der Waals surface area (Å²) in [5, 5.41) is 7.85. The first kappa shape index (κ1) is 18.6. The van der Waals surface area contributed by atoms with Gasteiger partial charge in [-0.3, -0.25) is 0 Å². The fourth-order valence-electron chi connectivity index (χ4n) is 4.82. The lowest BCUT2D eigenvalue weighted by atomic mass is 9.88. The van der Waals surface area contributed by atoms with Gasteiger partial charge in [0.15, 0.2) is 0 Å². The molecule has 0 fully saturated rings. The van der Waals surface area contributed by atoms with E-state index in [-0.39, 0.29) is 0 Å². The molecule has 0 heteroatoms. The number of hydrogen-bond acceptors (Lipinski definition) is 0. The molecule has 0 N–H and O–H groups in total. The lowest BCUT2D eigenvalue weighted by Crippen LogP contribution is -1.89. The van der Waals surface area contributed by atoms with Gasteiger partial charge in [-0.15, -0.1) is 0 Å². The molecule has 32 heavy (non-hydrogen) atoms. The summed E-state index contributed by atoms with van der Waals surface area (Å²) in [6.45, 7) is 0. The van der Waals surface area contributed by atoms with Crippen LogP contribution in [0, 0.1) is 0 Å². The topological polar surface area (TPSA) is 0 Å². The van der Waals surface area contributed by atoms with Crippen molar-refractivity contribution < 1.29 is 0 Å². The Morgan fingerprint density at radius 2 is 0.844 bits per heavy atom. The van der Waals surface area contributed by atoms with Crippen molar-refractivity contribution >= 4 is 44.5 Å². The smallest absolute Gasteiger partial charge is 0.00201 e. The summed E-state index contributed by atoms with van der Waals surface area (Å²) >= 11 is 0. The summed E-state index contributed by atoms with van der Waals surface area (Å²) in [5.74, 6) is 0. The first-order valence-electron chi connectivity index (χ1n) is 11.0. The minimum atomic E-state index is 1.21. The molecule has 0 heterocycles. The van der Waals surface area contributed by atoms with E-state index in [1.807, 2.05) is 0 Å². The molecule has 0 saturated carbocycles. The van der Waals surface area contributed by atoms with Gasteiger partial charge in [0, 0.05) is 0 Å². The molecule has 0 aliphatic rings. The third-order valence-electron chi connectivity index (χ3n) is 6.27. The van der Waals surface area contributed by atoms with E-state index in [9.17, 15) is 0 Å². The van der Waals surface area contributed by atoms with E-state index in [2.05, 4.69) is 133 Å². The quantitative estimate of drug-likeness (QED) is 0.203. The van der Waals surface area contributed by atoms with Crippen LogP contribution in [0.25, 0.3) is 55.6 Å². The van der Waals surface area contributed by atoms with Crippen LogP contribution in [-0.2, 0) is 0 Å². The monoisotopic (exact) mass is 406 g/mol. The van der Waals surface area contributed by atoms with Gasteiger partial charge in [-0.2, -0.15) is 0 Å². The van der Waals surface area contributed by atoms with Crippen molar-refractivity contribution in [1.29, 1.82) is 0 Å². The highest BCUT2D eigenvalue weighted by molar-refractivity contribution is 6.28. The Kier molecular flexibility index (Phi) is 4.55. The van der Waals surface area contributed by atoms with Gasteiger partial charge in [0.25, 0.3) is 0 Å². The third-order valence-corrected chi connectivity index (χ3v) is 6.27. The van der Waals surface area contributed by atoms with Gasteiger partial charge in [-0.05, 0) is 54.6 Å². The van der Waals surface area contributed by atoms with Crippen molar-refractivity contribution in [3.05, 3.63) is 132 Å². The van der Waals surface area contributed by atoms with Crippen molar-refractivity contribution in [2.24, 2.45) is 0 Å². The van der Waals surface area contributed by atoms with Crippen molar-refractivity contribution in [3.63, 3.8) is 0 Å². The van der Waals surface area contributed by atoms with Crippen molar-refractivity contribution in [2.45, 2.75) is 0 Å². The van der Waals surface area contributed by atoms with Crippen LogP contribution >= 0.6 is 0 Å². The second kappa shape index (κ2) is 7.83. The van der Waals surface area contributed by atoms with Crippen LogP contribution in [-0.4, -0.2) is 0 Å². The maximum Gasteiger partial charge on any atom is -0.00201 e. The summed E-state index contributed by atoms with van der Waals surface area (Å²) in [5.41, 5.74) is 4.96. The molecular formula is C32H22. The normalized spacial score (nSPS) is 11.6. The zero-order chi connectivity index (χ0) is 21.3. The Hall–Kier alpha value is -4.16. The van der Waals surface area contributed by atoms with Crippen LogP contribution in [0.15, 0.2) is 121 Å². The molecule has 150 valence electrons. The Labute approximate surface area is 188 Å². The van der Waals surface area contributed by atoms with Gasteiger partial charge in [0.05, 0.1) is 0 Å². The second-order valence-corrected chi connectivity index (χ2v) is 8.15. The molecule has 6 rings (SSSR count). The summed E-state index contributed by atoms with van der Waals surface area (Å²) < 4.78 is 0. The maximum absolute atomic E-state index is 2.26. The molecule has 0 bridgehead atoms. The molecule has 6 aromatic rings. The predicted molar refractivity (Wildman–Crippen MR) is 140 cm³/mol. The molecule has 0 aliphatic carbocycles. The van der Waals surface area contributed by atoms with E-state index < -0.39 is 0 Å². The summed E-state index contributed by atoms with van der Waals surface area (Å²) in [6.07, 6.45) is 4.42. The lowest BCUT2D eigenvalue weighted by Gasteiger charge is -2.15. The largest absolute Gasteiger partial charge is 0.0622 e. The SMILES string of the molecule is C(=Cc1ccccc1-c1cccc2c3ccccc3c3ccccc3c12)c1ccccc1. The number of fused-ring (bicyclic) bond motifs is 6. The minimum Gasteiger partial charge on any atom is -0.0622 e. The van der Waals surface area contributed by atoms with E-state index in [1.165, 1.54) is 54.6 Å². The van der Waals surface area contributed by atoms with E-state index in [4.69, 9.17) is 0 Å². The van der Waals surface area contributed by atoms with Crippen LogP contribution in [0.2, 0.25) is 0 Å². The summed E-state index contributed by atoms with van der Waals surface area (Å²) in [7, 11) is 0. The van der Waals surface area contributed by atoms with Crippen LogP contribution in [0.4, 0.5) is 0 Å². The first-order chi connectivity index (χ1) is 15.9. The van der Waals surface area contributed by atoms with Gasteiger partial charge in [-0.1, -0.05) is 133 Å². The molecule has 0 radical (unpaired) electrons. The van der Waals surface area contributed by atoms with E-state index in [0.717, 1.165) is 0 Å². The molecular weight excluding hydrogens is 384 g/mol. The van der Waals surface area contributed by atoms with Crippen LogP contribution < -0.4 is 0 Å². The number of benzene rings is 6. The number of rotatable bonds is 3. The van der Waals surface area contributed by atoms with Crippen molar-refractivity contribution in [3.8, 4) is 11.1 Å². The van der Waals surface area contributed by atoms with Gasteiger partial charge < -0.3 is 0 Å². The average Bonchev–Trinajstić information content (AvgIpc) is 2.88. The molecule has 0 amide bonds. The number of hydrogen-bond donors (Lipinski definition) is 0. The van der Waals surface area contributed by atoms with Gasteiger partial charge in [0.1, 0.15) is 0 Å². The van der Waals surface area contributed by atoms with Crippen molar-refractivity contribution in [2.75, 3.05) is 0 Å². The average molecular weight is 407 g/mol. The zero-order valence-corrected chi connectivity index (χ0v) is 17.7. The Morgan fingerprint density at radius 1 is 0.344 bits per heavy atom. The van der Waals surface area contributed by atoms with E-state index in [1.54, 1.807) is 0 Å². The van der Waals surface area contributed by atoms with Crippen LogP contribution in [0.1, 0.15) is 11.1 Å². The van der Waals surface area contributed by atoms with Gasteiger partial charge in [0.2, 0.25) is 0 Å². The molecule has 0 atom stereocenters. The van der Waals surface area contributed by atoms with E-state index >= 15 is 0 Å². The highest BCUT2D eigenvalue weighted by atomic mass is 14.2. The highest BCUT2D eigenvalue weighted by Gasteiger charge is 2.13. The molecule has 0 nitrogen and oxygen atoms in total.